The summed E-state index contributed by atoms with van der Waals surface area (Å²) in [5, 5.41) is 12.2. The van der Waals surface area contributed by atoms with Crippen LogP contribution in [0.25, 0.3) is 0 Å². The SMILES string of the molecule is O=C(CCc1ccccc1)NCc1ccc(C(=O)N2CCCCC2CCO)cc1. The molecule has 0 radical (unpaired) electrons. The van der Waals surface area contributed by atoms with Gasteiger partial charge in [0, 0.05) is 37.7 Å². The Morgan fingerprint density at radius 1 is 1.00 bits per heavy atom. The number of nitrogens with zero attached hydrogens (tertiary/aromatic N) is 1. The molecule has 1 aliphatic heterocycles. The number of nitrogens with one attached hydrogen (secondary N) is 1. The Hall–Kier alpha value is -2.66. The van der Waals surface area contributed by atoms with E-state index in [9.17, 15) is 14.7 Å². The number of carbonyl (C=O) groups excluding carboxylic acids is 2. The average molecular weight is 395 g/mol. The molecule has 1 aliphatic rings. The summed E-state index contributed by atoms with van der Waals surface area (Å²) in [4.78, 5) is 26.8. The largest absolute Gasteiger partial charge is 0.396 e. The van der Waals surface area contributed by atoms with Crippen molar-refractivity contribution >= 4 is 11.8 Å². The highest BCUT2D eigenvalue weighted by Crippen LogP contribution is 2.22. The highest BCUT2D eigenvalue weighted by atomic mass is 16.3. The lowest BCUT2D eigenvalue weighted by atomic mass is 9.98. The van der Waals surface area contributed by atoms with Crippen LogP contribution < -0.4 is 5.32 Å². The van der Waals surface area contributed by atoms with Crippen LogP contribution in [0.15, 0.2) is 54.6 Å². The van der Waals surface area contributed by atoms with Crippen molar-refractivity contribution in [3.63, 3.8) is 0 Å². The van der Waals surface area contributed by atoms with Gasteiger partial charge in [0.1, 0.15) is 0 Å². The van der Waals surface area contributed by atoms with Crippen LogP contribution in [-0.2, 0) is 17.8 Å². The molecular formula is C24H30N2O3. The summed E-state index contributed by atoms with van der Waals surface area (Å²) in [5.41, 5.74) is 2.79. The number of aliphatic hydroxyl groups excluding tert-OH is 1. The van der Waals surface area contributed by atoms with Gasteiger partial charge in [0.2, 0.25) is 5.91 Å². The minimum absolute atomic E-state index is 0.0224. The molecule has 0 spiro atoms. The molecule has 1 unspecified atom stereocenters. The molecule has 3 rings (SSSR count). The summed E-state index contributed by atoms with van der Waals surface area (Å²) in [6.45, 7) is 1.32. The van der Waals surface area contributed by atoms with Gasteiger partial charge in [-0.25, -0.2) is 0 Å². The van der Waals surface area contributed by atoms with Crippen molar-refractivity contribution in [2.24, 2.45) is 0 Å². The summed E-state index contributed by atoms with van der Waals surface area (Å²) in [6, 6.07) is 17.6. The van der Waals surface area contributed by atoms with E-state index in [2.05, 4.69) is 5.32 Å². The summed E-state index contributed by atoms with van der Waals surface area (Å²) in [5.74, 6) is 0.0516. The normalized spacial score (nSPS) is 16.4. The first-order valence-electron chi connectivity index (χ1n) is 10.5. The molecule has 29 heavy (non-hydrogen) atoms. The molecule has 0 aromatic heterocycles. The first-order chi connectivity index (χ1) is 14.2. The Morgan fingerprint density at radius 3 is 2.48 bits per heavy atom. The van der Waals surface area contributed by atoms with E-state index in [-0.39, 0.29) is 24.5 Å². The molecule has 1 heterocycles. The van der Waals surface area contributed by atoms with Crippen molar-refractivity contribution in [1.29, 1.82) is 0 Å². The highest BCUT2D eigenvalue weighted by Gasteiger charge is 2.26. The first kappa shape index (κ1) is 21.1. The fourth-order valence-electron chi connectivity index (χ4n) is 3.84. The smallest absolute Gasteiger partial charge is 0.254 e. The lowest BCUT2D eigenvalue weighted by Gasteiger charge is -2.35. The maximum Gasteiger partial charge on any atom is 0.254 e. The van der Waals surface area contributed by atoms with E-state index >= 15 is 0 Å². The van der Waals surface area contributed by atoms with Crippen LogP contribution in [0.5, 0.6) is 0 Å². The quantitative estimate of drug-likeness (QED) is 0.722. The van der Waals surface area contributed by atoms with Crippen molar-refractivity contribution in [2.75, 3.05) is 13.2 Å². The van der Waals surface area contributed by atoms with Gasteiger partial charge in [0.15, 0.2) is 0 Å². The van der Waals surface area contributed by atoms with Crippen molar-refractivity contribution in [1.82, 2.24) is 10.2 Å². The molecule has 5 nitrogen and oxygen atoms in total. The van der Waals surface area contributed by atoms with Crippen LogP contribution in [0.3, 0.4) is 0 Å². The van der Waals surface area contributed by atoms with Gasteiger partial charge in [0.25, 0.3) is 5.91 Å². The van der Waals surface area contributed by atoms with Gasteiger partial charge in [-0.15, -0.1) is 0 Å². The van der Waals surface area contributed by atoms with Crippen LogP contribution >= 0.6 is 0 Å². The topological polar surface area (TPSA) is 69.6 Å². The number of amides is 2. The third-order valence-corrected chi connectivity index (χ3v) is 5.52. The second-order valence-corrected chi connectivity index (χ2v) is 7.62. The minimum atomic E-state index is 0.0224. The van der Waals surface area contributed by atoms with E-state index in [1.54, 1.807) is 0 Å². The average Bonchev–Trinajstić information content (AvgIpc) is 2.77. The predicted molar refractivity (Wildman–Crippen MR) is 113 cm³/mol. The molecule has 1 atom stereocenters. The zero-order chi connectivity index (χ0) is 20.5. The summed E-state index contributed by atoms with van der Waals surface area (Å²) in [6.07, 6.45) is 4.91. The Kier molecular flexibility index (Phi) is 7.82. The number of benzene rings is 2. The van der Waals surface area contributed by atoms with Gasteiger partial charge in [-0.1, -0.05) is 42.5 Å². The summed E-state index contributed by atoms with van der Waals surface area (Å²) >= 11 is 0. The van der Waals surface area contributed by atoms with Gasteiger partial charge >= 0.3 is 0 Å². The Morgan fingerprint density at radius 2 is 1.76 bits per heavy atom. The maximum absolute atomic E-state index is 12.9. The van der Waals surface area contributed by atoms with E-state index in [4.69, 9.17) is 0 Å². The van der Waals surface area contributed by atoms with Crippen LogP contribution in [0.1, 0.15) is 53.6 Å². The van der Waals surface area contributed by atoms with Gasteiger partial charge in [0.05, 0.1) is 0 Å². The lowest BCUT2D eigenvalue weighted by molar-refractivity contribution is -0.121. The van der Waals surface area contributed by atoms with E-state index in [0.29, 0.717) is 24.9 Å². The molecule has 0 aliphatic carbocycles. The Balaban J connectivity index is 1.49. The van der Waals surface area contributed by atoms with Crippen LogP contribution in [0.2, 0.25) is 0 Å². The van der Waals surface area contributed by atoms with Gasteiger partial charge < -0.3 is 15.3 Å². The molecule has 154 valence electrons. The molecule has 2 aromatic rings. The second-order valence-electron chi connectivity index (χ2n) is 7.62. The third kappa shape index (κ3) is 6.16. The molecule has 0 bridgehead atoms. The van der Waals surface area contributed by atoms with Crippen LogP contribution in [-0.4, -0.2) is 41.0 Å². The van der Waals surface area contributed by atoms with E-state index < -0.39 is 0 Å². The van der Waals surface area contributed by atoms with E-state index in [1.807, 2.05) is 59.5 Å². The van der Waals surface area contributed by atoms with Crippen molar-refractivity contribution in [2.45, 2.75) is 51.1 Å². The number of hydrogen-bond acceptors (Lipinski definition) is 3. The predicted octanol–water partition coefficient (Wildman–Crippen LogP) is 3.31. The van der Waals surface area contributed by atoms with E-state index in [0.717, 1.165) is 43.4 Å². The van der Waals surface area contributed by atoms with Crippen LogP contribution in [0.4, 0.5) is 0 Å². The zero-order valence-electron chi connectivity index (χ0n) is 16.8. The summed E-state index contributed by atoms with van der Waals surface area (Å²) < 4.78 is 0. The number of piperidine rings is 1. The fourth-order valence-corrected chi connectivity index (χ4v) is 3.84. The van der Waals surface area contributed by atoms with Crippen molar-refractivity contribution in [3.05, 3.63) is 71.3 Å². The number of aryl methyl sites for hydroxylation is 1. The summed E-state index contributed by atoms with van der Waals surface area (Å²) in [7, 11) is 0. The zero-order valence-corrected chi connectivity index (χ0v) is 16.8. The number of hydrogen-bond donors (Lipinski definition) is 2. The number of carbonyl (C=O) groups is 2. The number of likely N-dealkylation sites (tertiary alicyclic amines) is 1. The minimum Gasteiger partial charge on any atom is -0.396 e. The standard InChI is InChI=1S/C24H30N2O3/c27-17-15-22-8-4-5-16-26(22)24(29)21-12-9-20(10-13-21)18-25-23(28)14-11-19-6-2-1-3-7-19/h1-3,6-7,9-10,12-13,22,27H,4-5,8,11,14-18H2,(H,25,28). The lowest BCUT2D eigenvalue weighted by Crippen LogP contribution is -2.44. The molecule has 2 aromatic carbocycles. The van der Waals surface area contributed by atoms with Gasteiger partial charge in [-0.2, -0.15) is 0 Å². The second kappa shape index (κ2) is 10.8. The molecule has 2 amide bonds. The van der Waals surface area contributed by atoms with Gasteiger partial charge in [-0.3, -0.25) is 9.59 Å². The molecule has 1 saturated heterocycles. The van der Waals surface area contributed by atoms with E-state index in [1.165, 1.54) is 0 Å². The Labute approximate surface area is 172 Å². The fraction of sp³-hybridized carbons (Fsp3) is 0.417. The molecule has 2 N–H and O–H groups in total. The highest BCUT2D eigenvalue weighted by molar-refractivity contribution is 5.94. The molecule has 0 saturated carbocycles. The first-order valence-corrected chi connectivity index (χ1v) is 10.5. The van der Waals surface area contributed by atoms with Crippen molar-refractivity contribution in [3.8, 4) is 0 Å². The third-order valence-electron chi connectivity index (χ3n) is 5.52. The van der Waals surface area contributed by atoms with Crippen LogP contribution in [0, 0.1) is 0 Å². The Bertz CT molecular complexity index is 788. The van der Waals surface area contributed by atoms with Gasteiger partial charge in [-0.05, 0) is 55.4 Å². The number of aliphatic hydroxyl groups is 1. The molecule has 1 fully saturated rings. The molecular weight excluding hydrogens is 364 g/mol. The maximum atomic E-state index is 12.9. The number of rotatable bonds is 8. The molecule has 5 heteroatoms. The van der Waals surface area contributed by atoms with Crippen molar-refractivity contribution < 1.29 is 14.7 Å². The monoisotopic (exact) mass is 394 g/mol.